The monoisotopic (exact) mass is 333 g/mol. The van der Waals surface area contributed by atoms with E-state index in [1.54, 1.807) is 11.9 Å². The van der Waals surface area contributed by atoms with Crippen LogP contribution in [-0.2, 0) is 17.9 Å². The SMILES string of the molecule is CN(Cc1ccccc1Br)C(=O)Cn1cnc(C#N)n1. The average Bonchev–Trinajstić information content (AvgIpc) is 2.89. The molecule has 2 aromatic rings. The van der Waals surface area contributed by atoms with Gasteiger partial charge in [-0.15, -0.1) is 5.10 Å². The molecule has 0 unspecified atom stereocenters. The summed E-state index contributed by atoms with van der Waals surface area (Å²) in [4.78, 5) is 17.4. The molecule has 1 heterocycles. The summed E-state index contributed by atoms with van der Waals surface area (Å²) in [6.07, 6.45) is 1.38. The van der Waals surface area contributed by atoms with E-state index in [0.717, 1.165) is 10.0 Å². The highest BCUT2D eigenvalue weighted by Crippen LogP contribution is 2.17. The van der Waals surface area contributed by atoms with Crippen LogP contribution in [0.4, 0.5) is 0 Å². The van der Waals surface area contributed by atoms with Crippen molar-refractivity contribution >= 4 is 21.8 Å². The van der Waals surface area contributed by atoms with E-state index in [1.807, 2.05) is 30.3 Å². The molecule has 0 N–H and O–H groups in total. The van der Waals surface area contributed by atoms with E-state index < -0.39 is 0 Å². The Labute approximate surface area is 124 Å². The molecule has 1 aromatic carbocycles. The van der Waals surface area contributed by atoms with Crippen LogP contribution >= 0.6 is 15.9 Å². The Morgan fingerprint density at radius 3 is 2.90 bits per heavy atom. The number of nitrogens with zero attached hydrogens (tertiary/aromatic N) is 5. The van der Waals surface area contributed by atoms with Crippen LogP contribution in [0.25, 0.3) is 0 Å². The molecule has 7 heteroatoms. The number of carbonyl (C=O) groups is 1. The average molecular weight is 334 g/mol. The van der Waals surface area contributed by atoms with E-state index in [0.29, 0.717) is 6.54 Å². The molecule has 0 fully saturated rings. The van der Waals surface area contributed by atoms with Gasteiger partial charge in [-0.1, -0.05) is 34.1 Å². The van der Waals surface area contributed by atoms with Crippen LogP contribution in [0.5, 0.6) is 0 Å². The van der Waals surface area contributed by atoms with Crippen LogP contribution in [0.1, 0.15) is 11.4 Å². The lowest BCUT2D eigenvalue weighted by molar-refractivity contribution is -0.131. The summed E-state index contributed by atoms with van der Waals surface area (Å²) in [7, 11) is 1.73. The minimum atomic E-state index is -0.102. The summed E-state index contributed by atoms with van der Waals surface area (Å²) < 4.78 is 2.32. The van der Waals surface area contributed by atoms with Gasteiger partial charge < -0.3 is 4.90 Å². The van der Waals surface area contributed by atoms with Crippen molar-refractivity contribution in [2.45, 2.75) is 13.1 Å². The van der Waals surface area contributed by atoms with E-state index in [9.17, 15) is 4.79 Å². The molecule has 2 rings (SSSR count). The van der Waals surface area contributed by atoms with Crippen molar-refractivity contribution in [2.24, 2.45) is 0 Å². The maximum Gasteiger partial charge on any atom is 0.252 e. The van der Waals surface area contributed by atoms with Gasteiger partial charge in [-0.25, -0.2) is 9.67 Å². The van der Waals surface area contributed by atoms with Crippen molar-refractivity contribution in [2.75, 3.05) is 7.05 Å². The van der Waals surface area contributed by atoms with Crippen molar-refractivity contribution in [1.82, 2.24) is 19.7 Å². The number of nitriles is 1. The molecule has 0 spiro atoms. The Hall–Kier alpha value is -2.20. The predicted molar refractivity (Wildman–Crippen MR) is 75.4 cm³/mol. The van der Waals surface area contributed by atoms with Crippen molar-refractivity contribution < 1.29 is 4.79 Å². The fraction of sp³-hybridized carbons (Fsp3) is 0.231. The summed E-state index contributed by atoms with van der Waals surface area (Å²) in [6, 6.07) is 9.56. The first-order valence-corrected chi connectivity index (χ1v) is 6.66. The Kier molecular flexibility index (Phi) is 4.48. The fourth-order valence-corrected chi connectivity index (χ4v) is 2.06. The fourth-order valence-electron chi connectivity index (χ4n) is 1.65. The molecule has 0 radical (unpaired) electrons. The predicted octanol–water partition coefficient (Wildman–Crippen LogP) is 1.57. The summed E-state index contributed by atoms with van der Waals surface area (Å²) in [6.45, 7) is 0.565. The second kappa shape index (κ2) is 6.30. The lowest BCUT2D eigenvalue weighted by Gasteiger charge is -2.17. The molecule has 102 valence electrons. The normalized spacial score (nSPS) is 10.1. The van der Waals surface area contributed by atoms with Crippen molar-refractivity contribution in [3.8, 4) is 6.07 Å². The third-order valence-electron chi connectivity index (χ3n) is 2.72. The zero-order valence-corrected chi connectivity index (χ0v) is 12.4. The highest BCUT2D eigenvalue weighted by atomic mass is 79.9. The molecule has 0 saturated heterocycles. The number of carbonyl (C=O) groups excluding carboxylic acids is 1. The summed E-state index contributed by atoms with van der Waals surface area (Å²) in [5, 5.41) is 12.5. The molecule has 0 saturated carbocycles. The number of halogens is 1. The summed E-state index contributed by atoms with van der Waals surface area (Å²) >= 11 is 3.45. The third-order valence-corrected chi connectivity index (χ3v) is 3.50. The number of benzene rings is 1. The number of aromatic nitrogens is 3. The number of hydrogen-bond acceptors (Lipinski definition) is 4. The van der Waals surface area contributed by atoms with Crippen LogP contribution in [0.15, 0.2) is 35.1 Å². The van der Waals surface area contributed by atoms with E-state index in [4.69, 9.17) is 5.26 Å². The van der Waals surface area contributed by atoms with E-state index in [2.05, 4.69) is 26.0 Å². The van der Waals surface area contributed by atoms with Crippen molar-refractivity contribution in [3.05, 3.63) is 46.5 Å². The van der Waals surface area contributed by atoms with E-state index in [1.165, 1.54) is 11.0 Å². The molecule has 6 nitrogen and oxygen atoms in total. The lowest BCUT2D eigenvalue weighted by Crippen LogP contribution is -2.30. The van der Waals surface area contributed by atoms with Gasteiger partial charge >= 0.3 is 0 Å². The van der Waals surface area contributed by atoms with Gasteiger partial charge in [0.2, 0.25) is 5.91 Å². The van der Waals surface area contributed by atoms with Gasteiger partial charge in [-0.2, -0.15) is 5.26 Å². The maximum atomic E-state index is 12.1. The number of amides is 1. The standard InChI is InChI=1S/C13H12BrN5O/c1-18(7-10-4-2-3-5-11(10)14)13(20)8-19-9-16-12(6-15)17-19/h2-5,9H,7-8H2,1H3. The Bertz CT molecular complexity index is 661. The number of hydrogen-bond donors (Lipinski definition) is 0. The second-order valence-electron chi connectivity index (χ2n) is 4.22. The van der Waals surface area contributed by atoms with Crippen LogP contribution in [-0.4, -0.2) is 32.6 Å². The van der Waals surface area contributed by atoms with Gasteiger partial charge in [-0.3, -0.25) is 4.79 Å². The van der Waals surface area contributed by atoms with Crippen LogP contribution in [0, 0.1) is 11.3 Å². The van der Waals surface area contributed by atoms with Gasteiger partial charge in [0.05, 0.1) is 0 Å². The molecule has 0 atom stereocenters. The Morgan fingerprint density at radius 2 is 2.25 bits per heavy atom. The molecule has 20 heavy (non-hydrogen) atoms. The molecule has 0 aliphatic rings. The van der Waals surface area contributed by atoms with Crippen molar-refractivity contribution in [1.29, 1.82) is 5.26 Å². The van der Waals surface area contributed by atoms with Crippen LogP contribution in [0.3, 0.4) is 0 Å². The van der Waals surface area contributed by atoms with E-state index >= 15 is 0 Å². The topological polar surface area (TPSA) is 74.8 Å². The number of likely N-dealkylation sites (N-methyl/N-ethyl adjacent to an activating group) is 1. The van der Waals surface area contributed by atoms with Gasteiger partial charge in [0.25, 0.3) is 5.82 Å². The number of rotatable bonds is 4. The van der Waals surface area contributed by atoms with Gasteiger partial charge in [-0.05, 0) is 11.6 Å². The smallest absolute Gasteiger partial charge is 0.252 e. The molecule has 0 aliphatic heterocycles. The van der Waals surface area contributed by atoms with Gasteiger partial charge in [0, 0.05) is 18.1 Å². The largest absolute Gasteiger partial charge is 0.340 e. The minimum Gasteiger partial charge on any atom is -0.340 e. The minimum absolute atomic E-state index is 0.0613. The summed E-state index contributed by atoms with van der Waals surface area (Å²) in [5.74, 6) is -0.0404. The van der Waals surface area contributed by atoms with Crippen LogP contribution < -0.4 is 0 Å². The lowest BCUT2D eigenvalue weighted by atomic mass is 10.2. The quantitative estimate of drug-likeness (QED) is 0.851. The third kappa shape index (κ3) is 3.42. The highest BCUT2D eigenvalue weighted by molar-refractivity contribution is 9.10. The molecule has 0 bridgehead atoms. The summed E-state index contributed by atoms with van der Waals surface area (Å²) in [5.41, 5.74) is 1.03. The molecular formula is C13H12BrN5O. The zero-order valence-electron chi connectivity index (χ0n) is 10.8. The highest BCUT2D eigenvalue weighted by Gasteiger charge is 2.12. The van der Waals surface area contributed by atoms with E-state index in [-0.39, 0.29) is 18.3 Å². The van der Waals surface area contributed by atoms with Crippen LogP contribution in [0.2, 0.25) is 0 Å². The maximum absolute atomic E-state index is 12.1. The molecule has 0 aliphatic carbocycles. The Morgan fingerprint density at radius 1 is 1.50 bits per heavy atom. The van der Waals surface area contributed by atoms with Crippen molar-refractivity contribution in [3.63, 3.8) is 0 Å². The van der Waals surface area contributed by atoms with Gasteiger partial charge in [0.1, 0.15) is 18.9 Å². The second-order valence-corrected chi connectivity index (χ2v) is 5.07. The first kappa shape index (κ1) is 14.2. The molecule has 1 aromatic heterocycles. The molecule has 1 amide bonds. The molecular weight excluding hydrogens is 322 g/mol. The Balaban J connectivity index is 1.99. The van der Waals surface area contributed by atoms with Gasteiger partial charge in [0.15, 0.2) is 0 Å². The first-order valence-electron chi connectivity index (χ1n) is 5.87. The first-order chi connectivity index (χ1) is 9.60. The zero-order chi connectivity index (χ0) is 14.5.